The summed E-state index contributed by atoms with van der Waals surface area (Å²) in [4.78, 5) is 10.9. The lowest BCUT2D eigenvalue weighted by Gasteiger charge is -1.99. The zero-order chi connectivity index (χ0) is 10.8. The standard InChI is InChI=1S/C10H7BrN2O2/c11-7-3-1-2-6(4-7)8-5-12-13-9(8)10(14)15/h1-5H,(H,12,13)(H,14,15). The van der Waals surface area contributed by atoms with E-state index >= 15 is 0 Å². The van der Waals surface area contributed by atoms with Gasteiger partial charge in [-0.15, -0.1) is 0 Å². The van der Waals surface area contributed by atoms with Crippen molar-refractivity contribution in [2.75, 3.05) is 0 Å². The molecule has 2 aromatic rings. The van der Waals surface area contributed by atoms with E-state index in [1.54, 1.807) is 0 Å². The number of rotatable bonds is 2. The van der Waals surface area contributed by atoms with Gasteiger partial charge in [-0.2, -0.15) is 5.10 Å². The average molecular weight is 267 g/mol. The van der Waals surface area contributed by atoms with Crippen molar-refractivity contribution in [2.45, 2.75) is 0 Å². The van der Waals surface area contributed by atoms with E-state index in [2.05, 4.69) is 26.1 Å². The summed E-state index contributed by atoms with van der Waals surface area (Å²) in [5.41, 5.74) is 1.51. The molecule has 76 valence electrons. The number of carbonyl (C=O) groups is 1. The van der Waals surface area contributed by atoms with Crippen molar-refractivity contribution in [3.63, 3.8) is 0 Å². The molecule has 0 radical (unpaired) electrons. The van der Waals surface area contributed by atoms with Crippen molar-refractivity contribution in [1.82, 2.24) is 10.2 Å². The Balaban J connectivity index is 2.54. The third kappa shape index (κ3) is 1.92. The van der Waals surface area contributed by atoms with Crippen LogP contribution in [0.1, 0.15) is 10.5 Å². The van der Waals surface area contributed by atoms with Crippen LogP contribution in [-0.2, 0) is 0 Å². The van der Waals surface area contributed by atoms with Gasteiger partial charge in [-0.05, 0) is 17.7 Å². The molecule has 0 atom stereocenters. The second-order valence-electron chi connectivity index (χ2n) is 2.97. The molecule has 1 aromatic carbocycles. The van der Waals surface area contributed by atoms with Gasteiger partial charge in [-0.1, -0.05) is 28.1 Å². The summed E-state index contributed by atoms with van der Waals surface area (Å²) in [6.07, 6.45) is 1.51. The average Bonchev–Trinajstić information content (AvgIpc) is 2.65. The molecule has 0 aliphatic carbocycles. The van der Waals surface area contributed by atoms with Gasteiger partial charge >= 0.3 is 5.97 Å². The number of halogens is 1. The molecule has 0 aliphatic heterocycles. The van der Waals surface area contributed by atoms with Crippen LogP contribution in [0.3, 0.4) is 0 Å². The number of hydrogen-bond donors (Lipinski definition) is 2. The van der Waals surface area contributed by atoms with Gasteiger partial charge in [-0.25, -0.2) is 4.79 Å². The first-order chi connectivity index (χ1) is 7.18. The Morgan fingerprint density at radius 1 is 1.47 bits per heavy atom. The first kappa shape index (κ1) is 9.92. The highest BCUT2D eigenvalue weighted by molar-refractivity contribution is 9.10. The van der Waals surface area contributed by atoms with E-state index in [9.17, 15) is 4.79 Å². The lowest BCUT2D eigenvalue weighted by Crippen LogP contribution is -1.98. The molecule has 0 fully saturated rings. The maximum absolute atomic E-state index is 10.9. The van der Waals surface area contributed by atoms with Gasteiger partial charge in [0.1, 0.15) is 0 Å². The van der Waals surface area contributed by atoms with E-state index in [1.165, 1.54) is 6.20 Å². The molecule has 15 heavy (non-hydrogen) atoms. The maximum atomic E-state index is 10.9. The number of nitrogens with one attached hydrogen (secondary N) is 1. The van der Waals surface area contributed by atoms with E-state index in [-0.39, 0.29) is 5.69 Å². The third-order valence-electron chi connectivity index (χ3n) is 1.99. The molecule has 5 heteroatoms. The predicted octanol–water partition coefficient (Wildman–Crippen LogP) is 2.54. The number of carboxylic acids is 1. The molecule has 4 nitrogen and oxygen atoms in total. The Hall–Kier alpha value is -1.62. The summed E-state index contributed by atoms with van der Waals surface area (Å²) in [5, 5.41) is 15.1. The lowest BCUT2D eigenvalue weighted by molar-refractivity contribution is 0.0691. The fourth-order valence-corrected chi connectivity index (χ4v) is 1.72. The molecule has 0 aliphatic rings. The predicted molar refractivity (Wildman–Crippen MR) is 58.7 cm³/mol. The van der Waals surface area contributed by atoms with Crippen molar-refractivity contribution in [3.8, 4) is 11.1 Å². The van der Waals surface area contributed by atoms with Gasteiger partial charge in [-0.3, -0.25) is 5.10 Å². The van der Waals surface area contributed by atoms with Gasteiger partial charge in [0.05, 0.1) is 6.20 Å². The number of aromatic amines is 1. The minimum absolute atomic E-state index is 0.105. The smallest absolute Gasteiger partial charge is 0.354 e. The molecule has 0 unspecified atom stereocenters. The van der Waals surface area contributed by atoms with Crippen LogP contribution < -0.4 is 0 Å². The van der Waals surface area contributed by atoms with Gasteiger partial charge in [0.25, 0.3) is 0 Å². The largest absolute Gasteiger partial charge is 0.477 e. The molecule has 2 rings (SSSR count). The van der Waals surface area contributed by atoms with Crippen molar-refractivity contribution in [3.05, 3.63) is 40.6 Å². The van der Waals surface area contributed by atoms with Gasteiger partial charge in [0, 0.05) is 10.0 Å². The highest BCUT2D eigenvalue weighted by atomic mass is 79.9. The van der Waals surface area contributed by atoms with Crippen LogP contribution >= 0.6 is 15.9 Å². The molecule has 0 amide bonds. The quantitative estimate of drug-likeness (QED) is 0.878. The summed E-state index contributed by atoms with van der Waals surface area (Å²) in [5.74, 6) is -1.01. The van der Waals surface area contributed by atoms with E-state index in [1.807, 2.05) is 24.3 Å². The zero-order valence-electron chi connectivity index (χ0n) is 7.57. The normalized spacial score (nSPS) is 10.2. The van der Waals surface area contributed by atoms with Crippen molar-refractivity contribution in [1.29, 1.82) is 0 Å². The van der Waals surface area contributed by atoms with Crippen LogP contribution in [-0.4, -0.2) is 21.3 Å². The summed E-state index contributed by atoms with van der Waals surface area (Å²) in [7, 11) is 0. The summed E-state index contributed by atoms with van der Waals surface area (Å²) < 4.78 is 0.900. The molecule has 0 bridgehead atoms. The number of nitrogens with zero attached hydrogens (tertiary/aromatic N) is 1. The summed E-state index contributed by atoms with van der Waals surface area (Å²) in [6, 6.07) is 7.40. The second-order valence-corrected chi connectivity index (χ2v) is 3.89. The topological polar surface area (TPSA) is 66.0 Å². The minimum Gasteiger partial charge on any atom is -0.477 e. The molecule has 1 aromatic heterocycles. The third-order valence-corrected chi connectivity index (χ3v) is 2.48. The number of aromatic carboxylic acids is 1. The number of benzene rings is 1. The Morgan fingerprint density at radius 3 is 2.93 bits per heavy atom. The maximum Gasteiger partial charge on any atom is 0.354 e. The Labute approximate surface area is 94.1 Å². The number of hydrogen-bond acceptors (Lipinski definition) is 2. The molecule has 2 N–H and O–H groups in total. The van der Waals surface area contributed by atoms with Crippen LogP contribution in [0.5, 0.6) is 0 Å². The molecular weight excluding hydrogens is 260 g/mol. The van der Waals surface area contributed by atoms with Crippen LogP contribution in [0.4, 0.5) is 0 Å². The monoisotopic (exact) mass is 266 g/mol. The molecule has 0 saturated carbocycles. The Morgan fingerprint density at radius 2 is 2.27 bits per heavy atom. The van der Waals surface area contributed by atoms with Gasteiger partial charge < -0.3 is 5.11 Å². The molecule has 0 spiro atoms. The van der Waals surface area contributed by atoms with E-state index in [0.717, 1.165) is 10.0 Å². The molecule has 0 saturated heterocycles. The van der Waals surface area contributed by atoms with E-state index < -0.39 is 5.97 Å². The highest BCUT2D eigenvalue weighted by Crippen LogP contribution is 2.24. The second kappa shape index (κ2) is 3.86. The Kier molecular flexibility index (Phi) is 2.55. The minimum atomic E-state index is -1.01. The van der Waals surface area contributed by atoms with Gasteiger partial charge in [0.2, 0.25) is 0 Å². The molecular formula is C10H7BrN2O2. The van der Waals surface area contributed by atoms with Crippen molar-refractivity contribution < 1.29 is 9.90 Å². The number of carboxylic acid groups (broad SMARTS) is 1. The van der Waals surface area contributed by atoms with Crippen LogP contribution in [0.25, 0.3) is 11.1 Å². The van der Waals surface area contributed by atoms with Gasteiger partial charge in [0.15, 0.2) is 5.69 Å². The number of aromatic nitrogens is 2. The van der Waals surface area contributed by atoms with Crippen LogP contribution in [0.15, 0.2) is 34.9 Å². The zero-order valence-corrected chi connectivity index (χ0v) is 9.15. The molecule has 1 heterocycles. The van der Waals surface area contributed by atoms with Crippen molar-refractivity contribution in [2.24, 2.45) is 0 Å². The lowest BCUT2D eigenvalue weighted by atomic mass is 10.1. The summed E-state index contributed by atoms with van der Waals surface area (Å²) >= 11 is 3.33. The van der Waals surface area contributed by atoms with E-state index in [4.69, 9.17) is 5.11 Å². The fourth-order valence-electron chi connectivity index (χ4n) is 1.32. The highest BCUT2D eigenvalue weighted by Gasteiger charge is 2.13. The first-order valence-electron chi connectivity index (χ1n) is 4.21. The van der Waals surface area contributed by atoms with Crippen LogP contribution in [0, 0.1) is 0 Å². The Bertz CT molecular complexity index is 508. The SMILES string of the molecule is O=C(O)c1[nH]ncc1-c1cccc(Br)c1. The summed E-state index contributed by atoms with van der Waals surface area (Å²) in [6.45, 7) is 0. The van der Waals surface area contributed by atoms with Crippen molar-refractivity contribution >= 4 is 21.9 Å². The fraction of sp³-hybridized carbons (Fsp3) is 0. The first-order valence-corrected chi connectivity index (χ1v) is 5.00. The van der Waals surface area contributed by atoms with E-state index in [0.29, 0.717) is 5.56 Å². The van der Waals surface area contributed by atoms with Crippen LogP contribution in [0.2, 0.25) is 0 Å². The number of H-pyrrole nitrogens is 1.